The van der Waals surface area contributed by atoms with Crippen LogP contribution < -0.4 is 4.90 Å². The second-order valence-electron chi connectivity index (χ2n) is 5.32. The van der Waals surface area contributed by atoms with Crippen LogP contribution in [0.1, 0.15) is 29.5 Å². The number of fused-ring (bicyclic) bond motifs is 1. The first-order valence-electron chi connectivity index (χ1n) is 6.76. The summed E-state index contributed by atoms with van der Waals surface area (Å²) in [6.45, 7) is 6.19. The number of benzene rings is 1. The van der Waals surface area contributed by atoms with Crippen LogP contribution in [-0.2, 0) is 0 Å². The molecule has 96 valence electrons. The van der Waals surface area contributed by atoms with Gasteiger partial charge in [0.2, 0.25) is 0 Å². The van der Waals surface area contributed by atoms with Gasteiger partial charge in [-0.15, -0.1) is 0 Å². The molecular formula is C16H17N3. The molecule has 2 aromatic rings. The number of pyridine rings is 1. The standard InChI is InChI=1S/C16H17N3/c1-11-7-12(2)15-13(8-11)9-14(10-17)16(18-15)19-5-3-4-6-19/h7-9H,3-6H2,1-2H3. The highest BCUT2D eigenvalue weighted by atomic mass is 15.2. The van der Waals surface area contributed by atoms with Gasteiger partial charge in [0.25, 0.3) is 0 Å². The summed E-state index contributed by atoms with van der Waals surface area (Å²) >= 11 is 0. The first-order chi connectivity index (χ1) is 9.19. The molecule has 1 aliphatic rings. The van der Waals surface area contributed by atoms with E-state index < -0.39 is 0 Å². The van der Waals surface area contributed by atoms with Crippen molar-refractivity contribution in [1.29, 1.82) is 5.26 Å². The number of anilines is 1. The van der Waals surface area contributed by atoms with Crippen molar-refractivity contribution >= 4 is 16.7 Å². The van der Waals surface area contributed by atoms with Gasteiger partial charge in [0.1, 0.15) is 11.9 Å². The van der Waals surface area contributed by atoms with Gasteiger partial charge in [-0.2, -0.15) is 5.26 Å². The van der Waals surface area contributed by atoms with Crippen LogP contribution in [0.2, 0.25) is 0 Å². The minimum absolute atomic E-state index is 0.694. The molecule has 0 bridgehead atoms. The highest BCUT2D eigenvalue weighted by Gasteiger charge is 2.18. The summed E-state index contributed by atoms with van der Waals surface area (Å²) < 4.78 is 0. The van der Waals surface area contributed by atoms with E-state index in [0.29, 0.717) is 5.56 Å². The van der Waals surface area contributed by atoms with Gasteiger partial charge in [-0.05, 0) is 44.4 Å². The van der Waals surface area contributed by atoms with Crippen molar-refractivity contribution in [3.63, 3.8) is 0 Å². The smallest absolute Gasteiger partial charge is 0.147 e. The molecule has 0 unspecified atom stereocenters. The monoisotopic (exact) mass is 251 g/mol. The van der Waals surface area contributed by atoms with Gasteiger partial charge >= 0.3 is 0 Å². The van der Waals surface area contributed by atoms with E-state index in [2.05, 4.69) is 36.9 Å². The molecule has 0 radical (unpaired) electrons. The van der Waals surface area contributed by atoms with Crippen LogP contribution in [0, 0.1) is 25.2 Å². The summed E-state index contributed by atoms with van der Waals surface area (Å²) in [5.41, 5.74) is 4.11. The van der Waals surface area contributed by atoms with Crippen molar-refractivity contribution in [2.75, 3.05) is 18.0 Å². The second-order valence-corrected chi connectivity index (χ2v) is 5.32. The quantitative estimate of drug-likeness (QED) is 0.780. The molecule has 1 aromatic heterocycles. The minimum Gasteiger partial charge on any atom is -0.356 e. The number of rotatable bonds is 1. The van der Waals surface area contributed by atoms with E-state index in [0.717, 1.165) is 29.8 Å². The number of nitriles is 1. The maximum Gasteiger partial charge on any atom is 0.147 e. The first-order valence-corrected chi connectivity index (χ1v) is 6.76. The molecule has 0 atom stereocenters. The zero-order chi connectivity index (χ0) is 13.4. The Labute approximate surface area is 113 Å². The van der Waals surface area contributed by atoms with Crippen molar-refractivity contribution in [2.45, 2.75) is 26.7 Å². The number of aromatic nitrogens is 1. The Hall–Kier alpha value is -2.08. The molecule has 1 saturated heterocycles. The van der Waals surface area contributed by atoms with Crippen molar-refractivity contribution in [3.05, 3.63) is 34.9 Å². The lowest BCUT2D eigenvalue weighted by Gasteiger charge is -2.18. The van der Waals surface area contributed by atoms with E-state index in [1.54, 1.807) is 0 Å². The lowest BCUT2D eigenvalue weighted by atomic mass is 10.0. The SMILES string of the molecule is Cc1cc(C)c2nc(N3CCCC3)c(C#N)cc2c1. The van der Waals surface area contributed by atoms with Gasteiger partial charge in [-0.1, -0.05) is 11.6 Å². The number of hydrogen-bond acceptors (Lipinski definition) is 3. The molecule has 1 fully saturated rings. The number of hydrogen-bond donors (Lipinski definition) is 0. The molecule has 0 amide bonds. The van der Waals surface area contributed by atoms with Crippen LogP contribution in [-0.4, -0.2) is 18.1 Å². The number of aryl methyl sites for hydroxylation is 2. The Bertz CT molecular complexity index is 676. The average Bonchev–Trinajstić information content (AvgIpc) is 2.91. The third-order valence-corrected chi connectivity index (χ3v) is 3.76. The predicted octanol–water partition coefficient (Wildman–Crippen LogP) is 3.32. The molecule has 1 aliphatic heterocycles. The fourth-order valence-corrected chi connectivity index (χ4v) is 2.89. The third kappa shape index (κ3) is 2.04. The molecule has 0 N–H and O–H groups in total. The largest absolute Gasteiger partial charge is 0.356 e. The lowest BCUT2D eigenvalue weighted by molar-refractivity contribution is 0.940. The van der Waals surface area contributed by atoms with Crippen molar-refractivity contribution < 1.29 is 0 Å². The Morgan fingerprint density at radius 1 is 1.16 bits per heavy atom. The Balaban J connectivity index is 2.24. The van der Waals surface area contributed by atoms with Crippen LogP contribution in [0.5, 0.6) is 0 Å². The van der Waals surface area contributed by atoms with E-state index in [9.17, 15) is 5.26 Å². The minimum atomic E-state index is 0.694. The van der Waals surface area contributed by atoms with Crippen molar-refractivity contribution in [3.8, 4) is 6.07 Å². The summed E-state index contributed by atoms with van der Waals surface area (Å²) in [7, 11) is 0. The molecule has 0 aliphatic carbocycles. The lowest BCUT2D eigenvalue weighted by Crippen LogP contribution is -2.20. The second kappa shape index (κ2) is 4.55. The Kier molecular flexibility index (Phi) is 2.87. The summed E-state index contributed by atoms with van der Waals surface area (Å²) in [6, 6.07) is 8.53. The molecule has 1 aromatic carbocycles. The van der Waals surface area contributed by atoms with Crippen LogP contribution in [0.15, 0.2) is 18.2 Å². The molecule has 0 spiro atoms. The predicted molar refractivity (Wildman–Crippen MR) is 77.4 cm³/mol. The summed E-state index contributed by atoms with van der Waals surface area (Å²) in [5.74, 6) is 0.861. The van der Waals surface area contributed by atoms with E-state index >= 15 is 0 Å². The van der Waals surface area contributed by atoms with Gasteiger partial charge in [0.15, 0.2) is 0 Å². The molecule has 19 heavy (non-hydrogen) atoms. The fraction of sp³-hybridized carbons (Fsp3) is 0.375. The summed E-state index contributed by atoms with van der Waals surface area (Å²) in [4.78, 5) is 7.01. The fourth-order valence-electron chi connectivity index (χ4n) is 2.89. The van der Waals surface area contributed by atoms with E-state index in [-0.39, 0.29) is 0 Å². The van der Waals surface area contributed by atoms with Crippen LogP contribution in [0.25, 0.3) is 10.9 Å². The maximum absolute atomic E-state index is 9.36. The molecule has 3 rings (SSSR count). The maximum atomic E-state index is 9.36. The summed E-state index contributed by atoms with van der Waals surface area (Å²) in [5, 5.41) is 10.4. The van der Waals surface area contributed by atoms with Gasteiger partial charge in [-0.3, -0.25) is 0 Å². The van der Waals surface area contributed by atoms with E-state index in [4.69, 9.17) is 4.98 Å². The zero-order valence-corrected chi connectivity index (χ0v) is 11.4. The highest BCUT2D eigenvalue weighted by Crippen LogP contribution is 2.28. The Morgan fingerprint density at radius 2 is 1.89 bits per heavy atom. The highest BCUT2D eigenvalue weighted by molar-refractivity contribution is 5.86. The normalized spacial score (nSPS) is 14.9. The molecular weight excluding hydrogens is 234 g/mol. The topological polar surface area (TPSA) is 39.9 Å². The van der Waals surface area contributed by atoms with Gasteiger partial charge in [0.05, 0.1) is 11.1 Å². The molecule has 3 heteroatoms. The van der Waals surface area contributed by atoms with Crippen LogP contribution in [0.3, 0.4) is 0 Å². The van der Waals surface area contributed by atoms with Gasteiger partial charge in [0, 0.05) is 18.5 Å². The van der Waals surface area contributed by atoms with E-state index in [1.165, 1.54) is 24.0 Å². The third-order valence-electron chi connectivity index (χ3n) is 3.76. The molecule has 2 heterocycles. The molecule has 3 nitrogen and oxygen atoms in total. The summed E-state index contributed by atoms with van der Waals surface area (Å²) in [6.07, 6.45) is 2.38. The van der Waals surface area contributed by atoms with Gasteiger partial charge in [-0.25, -0.2) is 4.98 Å². The van der Waals surface area contributed by atoms with Crippen LogP contribution >= 0.6 is 0 Å². The molecule has 0 saturated carbocycles. The van der Waals surface area contributed by atoms with Crippen molar-refractivity contribution in [2.24, 2.45) is 0 Å². The Morgan fingerprint density at radius 3 is 2.58 bits per heavy atom. The number of nitrogens with zero attached hydrogens (tertiary/aromatic N) is 3. The average molecular weight is 251 g/mol. The van der Waals surface area contributed by atoms with Crippen molar-refractivity contribution in [1.82, 2.24) is 4.98 Å². The zero-order valence-electron chi connectivity index (χ0n) is 11.4. The first kappa shape index (κ1) is 12.0. The van der Waals surface area contributed by atoms with Crippen LogP contribution in [0.4, 0.5) is 5.82 Å². The van der Waals surface area contributed by atoms with E-state index in [1.807, 2.05) is 6.07 Å². The van der Waals surface area contributed by atoms with Gasteiger partial charge < -0.3 is 4.90 Å².